The zero-order valence-corrected chi connectivity index (χ0v) is 16.4. The van der Waals surface area contributed by atoms with Crippen LogP contribution in [0, 0.1) is 5.82 Å². The van der Waals surface area contributed by atoms with E-state index in [9.17, 15) is 12.8 Å². The molecule has 0 bridgehead atoms. The van der Waals surface area contributed by atoms with Gasteiger partial charge in [-0.1, -0.05) is 23.7 Å². The molecule has 0 aromatic heterocycles. The highest BCUT2D eigenvalue weighted by atomic mass is 35.5. The Morgan fingerprint density at radius 3 is 2.69 bits per heavy atom. The van der Waals surface area contributed by atoms with Gasteiger partial charge in [-0.3, -0.25) is 0 Å². The minimum atomic E-state index is -3.79. The van der Waals surface area contributed by atoms with Gasteiger partial charge in [0.05, 0.1) is 23.1 Å². The first-order chi connectivity index (χ1) is 11.9. The number of ether oxygens (including phenoxy) is 1. The van der Waals surface area contributed by atoms with E-state index in [2.05, 4.69) is 5.32 Å². The average Bonchev–Trinajstić information content (AvgIpc) is 2.61. The van der Waals surface area contributed by atoms with E-state index in [0.717, 1.165) is 0 Å². The van der Waals surface area contributed by atoms with Gasteiger partial charge >= 0.3 is 0 Å². The van der Waals surface area contributed by atoms with Crippen LogP contribution >= 0.6 is 24.0 Å². The SMILES string of the molecule is COc1ccc(S(=O)(=O)N2CCNCC2c2cccc(F)c2)cc1Cl.Cl. The summed E-state index contributed by atoms with van der Waals surface area (Å²) in [4.78, 5) is 0.0848. The van der Waals surface area contributed by atoms with Crippen molar-refractivity contribution in [3.63, 3.8) is 0 Å². The second kappa shape index (κ2) is 8.54. The van der Waals surface area contributed by atoms with Crippen LogP contribution in [0.2, 0.25) is 5.02 Å². The number of nitrogens with one attached hydrogen (secondary N) is 1. The topological polar surface area (TPSA) is 58.6 Å². The molecule has 5 nitrogen and oxygen atoms in total. The maximum absolute atomic E-state index is 13.6. The summed E-state index contributed by atoms with van der Waals surface area (Å²) in [5.41, 5.74) is 0.607. The number of methoxy groups -OCH3 is 1. The summed E-state index contributed by atoms with van der Waals surface area (Å²) in [5, 5.41) is 3.38. The van der Waals surface area contributed by atoms with Gasteiger partial charge in [0.25, 0.3) is 0 Å². The highest BCUT2D eigenvalue weighted by Crippen LogP contribution is 2.32. The molecule has 0 saturated carbocycles. The summed E-state index contributed by atoms with van der Waals surface area (Å²) in [6.45, 7) is 1.22. The van der Waals surface area contributed by atoms with Gasteiger partial charge in [-0.25, -0.2) is 12.8 Å². The fourth-order valence-corrected chi connectivity index (χ4v) is 4.88. The molecule has 1 aliphatic heterocycles. The van der Waals surface area contributed by atoms with Gasteiger partial charge in [0.1, 0.15) is 11.6 Å². The third kappa shape index (κ3) is 4.13. The number of benzene rings is 2. The van der Waals surface area contributed by atoms with Gasteiger partial charge in [0.2, 0.25) is 10.0 Å². The lowest BCUT2D eigenvalue weighted by Gasteiger charge is -2.35. The first kappa shape index (κ1) is 20.9. The lowest BCUT2D eigenvalue weighted by molar-refractivity contribution is 0.271. The van der Waals surface area contributed by atoms with E-state index in [4.69, 9.17) is 16.3 Å². The number of rotatable bonds is 4. The Balaban J connectivity index is 0.00000243. The molecular weight excluding hydrogens is 402 g/mol. The van der Waals surface area contributed by atoms with Crippen molar-refractivity contribution in [2.75, 3.05) is 26.7 Å². The second-order valence-corrected chi connectivity index (χ2v) is 7.98. The summed E-state index contributed by atoms with van der Waals surface area (Å²) in [6.07, 6.45) is 0. The fourth-order valence-electron chi connectivity index (χ4n) is 2.91. The molecule has 9 heteroatoms. The fraction of sp³-hybridized carbons (Fsp3) is 0.294. The second-order valence-electron chi connectivity index (χ2n) is 5.69. The largest absolute Gasteiger partial charge is 0.495 e. The highest BCUT2D eigenvalue weighted by Gasteiger charge is 2.34. The van der Waals surface area contributed by atoms with Gasteiger partial charge < -0.3 is 10.1 Å². The number of hydrogen-bond acceptors (Lipinski definition) is 4. The van der Waals surface area contributed by atoms with Crippen molar-refractivity contribution in [1.29, 1.82) is 0 Å². The Morgan fingerprint density at radius 1 is 1.27 bits per heavy atom. The molecule has 0 aliphatic carbocycles. The van der Waals surface area contributed by atoms with Crippen LogP contribution in [-0.2, 0) is 10.0 Å². The number of piperazine rings is 1. The lowest BCUT2D eigenvalue weighted by atomic mass is 10.1. The first-order valence-corrected chi connectivity index (χ1v) is 9.57. The van der Waals surface area contributed by atoms with Crippen molar-refractivity contribution in [2.24, 2.45) is 0 Å². The maximum Gasteiger partial charge on any atom is 0.243 e. The standard InChI is InChI=1S/C17H18ClFN2O3S.ClH/c1-24-17-6-5-14(10-15(17)18)25(22,23)21-8-7-20-11-16(21)12-3-2-4-13(19)9-12;/h2-6,9-10,16,20H,7-8,11H2,1H3;1H. The van der Waals surface area contributed by atoms with Crippen molar-refractivity contribution < 1.29 is 17.5 Å². The molecule has 0 radical (unpaired) electrons. The normalized spacial score (nSPS) is 18.2. The highest BCUT2D eigenvalue weighted by molar-refractivity contribution is 7.89. The molecule has 3 rings (SSSR count). The summed E-state index contributed by atoms with van der Waals surface area (Å²) < 4.78 is 46.3. The van der Waals surface area contributed by atoms with Gasteiger partial charge in [0, 0.05) is 19.6 Å². The predicted molar refractivity (Wildman–Crippen MR) is 101 cm³/mol. The number of halogens is 3. The molecule has 1 fully saturated rings. The quantitative estimate of drug-likeness (QED) is 0.824. The molecule has 1 unspecified atom stereocenters. The van der Waals surface area contributed by atoms with Crippen LogP contribution in [0.4, 0.5) is 4.39 Å². The van der Waals surface area contributed by atoms with E-state index < -0.39 is 21.9 Å². The zero-order chi connectivity index (χ0) is 18.0. The van der Waals surface area contributed by atoms with E-state index in [0.29, 0.717) is 24.4 Å². The molecule has 1 N–H and O–H groups in total. The third-order valence-corrected chi connectivity index (χ3v) is 6.36. The van der Waals surface area contributed by atoms with Crippen LogP contribution in [0.1, 0.15) is 11.6 Å². The molecule has 1 atom stereocenters. The van der Waals surface area contributed by atoms with Crippen LogP contribution in [0.5, 0.6) is 5.75 Å². The predicted octanol–water partition coefficient (Wildman–Crippen LogP) is 3.24. The molecule has 142 valence electrons. The van der Waals surface area contributed by atoms with Crippen molar-refractivity contribution >= 4 is 34.0 Å². The van der Waals surface area contributed by atoms with E-state index in [-0.39, 0.29) is 28.9 Å². The average molecular weight is 421 g/mol. The van der Waals surface area contributed by atoms with Crippen molar-refractivity contribution in [1.82, 2.24) is 9.62 Å². The molecule has 0 spiro atoms. The number of hydrogen-bond donors (Lipinski definition) is 1. The van der Waals surface area contributed by atoms with Crippen LogP contribution in [0.3, 0.4) is 0 Å². The van der Waals surface area contributed by atoms with Crippen LogP contribution in [-0.4, -0.2) is 39.5 Å². The van der Waals surface area contributed by atoms with Crippen LogP contribution < -0.4 is 10.1 Å². The summed E-state index contributed by atoms with van der Waals surface area (Å²) in [5.74, 6) is 0.00974. The Kier molecular flexibility index (Phi) is 6.87. The molecule has 2 aromatic rings. The number of nitrogens with zero attached hydrogens (tertiary/aromatic N) is 1. The lowest BCUT2D eigenvalue weighted by Crippen LogP contribution is -2.48. The third-order valence-electron chi connectivity index (χ3n) is 4.16. The molecular formula is C17H19Cl2FN2O3S. The van der Waals surface area contributed by atoms with E-state index >= 15 is 0 Å². The van der Waals surface area contributed by atoms with Crippen LogP contribution in [0.15, 0.2) is 47.4 Å². The molecule has 1 saturated heterocycles. The smallest absolute Gasteiger partial charge is 0.243 e. The number of sulfonamides is 1. The van der Waals surface area contributed by atoms with E-state index in [1.165, 1.54) is 41.7 Å². The van der Waals surface area contributed by atoms with Crippen molar-refractivity contribution in [2.45, 2.75) is 10.9 Å². The Hall–Kier alpha value is -1.38. The molecule has 0 amide bonds. The minimum absolute atomic E-state index is 0. The minimum Gasteiger partial charge on any atom is -0.495 e. The summed E-state index contributed by atoms with van der Waals surface area (Å²) in [7, 11) is -2.32. The molecule has 1 heterocycles. The first-order valence-electron chi connectivity index (χ1n) is 7.75. The van der Waals surface area contributed by atoms with Crippen molar-refractivity contribution in [3.8, 4) is 5.75 Å². The van der Waals surface area contributed by atoms with Crippen molar-refractivity contribution in [3.05, 3.63) is 58.9 Å². The Morgan fingerprint density at radius 2 is 2.04 bits per heavy atom. The van der Waals surface area contributed by atoms with Crippen LogP contribution in [0.25, 0.3) is 0 Å². The molecule has 1 aliphatic rings. The van der Waals surface area contributed by atoms with Gasteiger partial charge in [-0.2, -0.15) is 4.31 Å². The summed E-state index contributed by atoms with van der Waals surface area (Å²) in [6, 6.07) is 9.87. The van der Waals surface area contributed by atoms with Gasteiger partial charge in [0.15, 0.2) is 0 Å². The van der Waals surface area contributed by atoms with E-state index in [1.54, 1.807) is 12.1 Å². The molecule has 2 aromatic carbocycles. The Labute approximate surface area is 163 Å². The van der Waals surface area contributed by atoms with E-state index in [1.807, 2.05) is 0 Å². The molecule has 26 heavy (non-hydrogen) atoms. The monoisotopic (exact) mass is 420 g/mol. The van der Waals surface area contributed by atoms with Gasteiger partial charge in [-0.05, 0) is 35.9 Å². The Bertz CT molecular complexity index is 880. The maximum atomic E-state index is 13.6. The van der Waals surface area contributed by atoms with Gasteiger partial charge in [-0.15, -0.1) is 12.4 Å². The summed E-state index contributed by atoms with van der Waals surface area (Å²) >= 11 is 6.08. The zero-order valence-electron chi connectivity index (χ0n) is 14.0.